The van der Waals surface area contributed by atoms with E-state index < -0.39 is 0 Å². The smallest absolute Gasteiger partial charge is 0.260 e. The molecule has 0 saturated heterocycles. The molecule has 0 spiro atoms. The third-order valence-electron chi connectivity index (χ3n) is 2.44. The van der Waals surface area contributed by atoms with E-state index in [1.54, 1.807) is 6.20 Å². The lowest BCUT2D eigenvalue weighted by atomic mass is 10.4. The molecule has 0 aliphatic rings. The summed E-state index contributed by atoms with van der Waals surface area (Å²) in [5, 5.41) is 3.18. The van der Waals surface area contributed by atoms with Gasteiger partial charge >= 0.3 is 0 Å². The third kappa shape index (κ3) is 2.67. The highest BCUT2D eigenvalue weighted by molar-refractivity contribution is 5.53. The molecule has 5 heteroatoms. The molecule has 0 unspecified atom stereocenters. The molecule has 0 aliphatic carbocycles. The number of nitrogens with one attached hydrogen (secondary N) is 1. The number of anilines is 1. The molecule has 2 aromatic heterocycles. The van der Waals surface area contributed by atoms with Gasteiger partial charge in [-0.05, 0) is 13.3 Å². The average molecular weight is 234 g/mol. The molecule has 0 radical (unpaired) electrons. The van der Waals surface area contributed by atoms with Crippen LogP contribution in [-0.2, 0) is 0 Å². The Morgan fingerprint density at radius 1 is 1.41 bits per heavy atom. The normalized spacial score (nSPS) is 10.7. The molecule has 92 valence electrons. The molecule has 0 amide bonds. The Labute approximate surface area is 101 Å². The van der Waals surface area contributed by atoms with Crippen molar-refractivity contribution in [2.24, 2.45) is 0 Å². The van der Waals surface area contributed by atoms with Crippen LogP contribution < -0.4 is 10.1 Å². The van der Waals surface area contributed by atoms with E-state index in [4.69, 9.17) is 4.74 Å². The first-order valence-corrected chi connectivity index (χ1v) is 6.05. The Morgan fingerprint density at radius 2 is 2.29 bits per heavy atom. The summed E-state index contributed by atoms with van der Waals surface area (Å²) in [4.78, 5) is 8.66. The lowest BCUT2D eigenvalue weighted by Crippen LogP contribution is -2.06. The van der Waals surface area contributed by atoms with Gasteiger partial charge in [-0.15, -0.1) is 0 Å². The van der Waals surface area contributed by atoms with Crippen LogP contribution >= 0.6 is 0 Å². The summed E-state index contributed by atoms with van der Waals surface area (Å²) >= 11 is 0. The van der Waals surface area contributed by atoms with Gasteiger partial charge in [0, 0.05) is 18.9 Å². The summed E-state index contributed by atoms with van der Waals surface area (Å²) < 4.78 is 7.59. The molecule has 0 bridgehead atoms. The minimum absolute atomic E-state index is 0.599. The summed E-state index contributed by atoms with van der Waals surface area (Å²) in [7, 11) is 0. The van der Waals surface area contributed by atoms with E-state index >= 15 is 0 Å². The lowest BCUT2D eigenvalue weighted by Gasteiger charge is -2.09. The molecule has 0 atom stereocenters. The summed E-state index contributed by atoms with van der Waals surface area (Å²) in [5.74, 6) is 1.41. The quantitative estimate of drug-likeness (QED) is 0.779. The van der Waals surface area contributed by atoms with E-state index in [9.17, 15) is 0 Å². The van der Waals surface area contributed by atoms with Crippen LogP contribution in [-0.4, -0.2) is 27.5 Å². The molecular formula is C12H18N4O. The highest BCUT2D eigenvalue weighted by atomic mass is 16.5. The van der Waals surface area contributed by atoms with Gasteiger partial charge in [0.25, 0.3) is 5.88 Å². The number of hydrogen-bond acceptors (Lipinski definition) is 4. The van der Waals surface area contributed by atoms with Crippen molar-refractivity contribution in [2.75, 3.05) is 18.5 Å². The number of ether oxygens (including phenoxy) is 1. The highest BCUT2D eigenvalue weighted by Gasteiger charge is 2.07. The molecule has 2 rings (SSSR count). The number of fused-ring (bicyclic) bond motifs is 1. The van der Waals surface area contributed by atoms with Gasteiger partial charge in [-0.1, -0.05) is 13.3 Å². The van der Waals surface area contributed by atoms with Crippen molar-refractivity contribution in [3.63, 3.8) is 0 Å². The van der Waals surface area contributed by atoms with Crippen molar-refractivity contribution in [3.8, 4) is 5.88 Å². The van der Waals surface area contributed by atoms with Gasteiger partial charge in [-0.25, -0.2) is 4.98 Å². The van der Waals surface area contributed by atoms with Crippen LogP contribution in [0.15, 0.2) is 18.6 Å². The minimum atomic E-state index is 0.599. The van der Waals surface area contributed by atoms with Gasteiger partial charge < -0.3 is 10.1 Å². The van der Waals surface area contributed by atoms with Crippen molar-refractivity contribution in [2.45, 2.75) is 26.7 Å². The van der Waals surface area contributed by atoms with Gasteiger partial charge in [0.1, 0.15) is 5.82 Å². The zero-order valence-corrected chi connectivity index (χ0v) is 10.3. The van der Waals surface area contributed by atoms with Crippen LogP contribution in [0, 0.1) is 0 Å². The summed E-state index contributed by atoms with van der Waals surface area (Å²) in [6.45, 7) is 5.69. The van der Waals surface area contributed by atoms with Gasteiger partial charge in [0.2, 0.25) is 5.65 Å². The lowest BCUT2D eigenvalue weighted by molar-refractivity contribution is 0.300. The second-order valence-corrected chi connectivity index (χ2v) is 3.82. The highest BCUT2D eigenvalue weighted by Crippen LogP contribution is 2.18. The summed E-state index contributed by atoms with van der Waals surface area (Å²) in [6, 6.07) is 0. The monoisotopic (exact) mass is 234 g/mol. The van der Waals surface area contributed by atoms with Gasteiger partial charge in [0.05, 0.1) is 12.8 Å². The Kier molecular flexibility index (Phi) is 3.80. The number of aromatic nitrogens is 3. The van der Waals surface area contributed by atoms with Gasteiger partial charge in [-0.2, -0.15) is 4.98 Å². The maximum absolute atomic E-state index is 5.67. The van der Waals surface area contributed by atoms with Crippen LogP contribution in [0.2, 0.25) is 0 Å². The fourth-order valence-corrected chi connectivity index (χ4v) is 1.58. The van der Waals surface area contributed by atoms with Crippen LogP contribution in [0.5, 0.6) is 5.88 Å². The van der Waals surface area contributed by atoms with E-state index in [-0.39, 0.29) is 0 Å². The first kappa shape index (κ1) is 11.7. The molecule has 2 heterocycles. The first-order chi connectivity index (χ1) is 8.35. The van der Waals surface area contributed by atoms with Crippen LogP contribution in [0.1, 0.15) is 26.7 Å². The zero-order valence-electron chi connectivity index (χ0n) is 10.3. The minimum Gasteiger partial charge on any atom is -0.475 e. The molecule has 0 saturated carbocycles. The fraction of sp³-hybridized carbons (Fsp3) is 0.500. The van der Waals surface area contributed by atoms with Crippen LogP contribution in [0.3, 0.4) is 0 Å². The Balaban J connectivity index is 2.26. The van der Waals surface area contributed by atoms with Crippen LogP contribution in [0.25, 0.3) is 5.65 Å². The number of unbranched alkanes of at least 4 members (excludes halogenated alkanes) is 1. The van der Waals surface area contributed by atoms with Crippen molar-refractivity contribution in [3.05, 3.63) is 18.6 Å². The van der Waals surface area contributed by atoms with E-state index in [2.05, 4.69) is 22.2 Å². The second-order valence-electron chi connectivity index (χ2n) is 3.82. The Morgan fingerprint density at radius 3 is 3.06 bits per heavy atom. The molecule has 0 aliphatic heterocycles. The molecule has 0 fully saturated rings. The number of hydrogen-bond donors (Lipinski definition) is 1. The first-order valence-electron chi connectivity index (χ1n) is 6.05. The number of nitrogens with zero attached hydrogens (tertiary/aromatic N) is 3. The van der Waals surface area contributed by atoms with Crippen molar-refractivity contribution >= 4 is 11.5 Å². The summed E-state index contributed by atoms with van der Waals surface area (Å²) in [6.07, 6.45) is 7.69. The SMILES string of the molecule is CCCCOc1nc(NCC)cn2ccnc12. The molecule has 1 N–H and O–H groups in total. The maximum atomic E-state index is 5.67. The number of imidazole rings is 1. The van der Waals surface area contributed by atoms with Crippen LogP contribution in [0.4, 0.5) is 5.82 Å². The van der Waals surface area contributed by atoms with Gasteiger partial charge in [0.15, 0.2) is 0 Å². The maximum Gasteiger partial charge on any atom is 0.260 e. The second kappa shape index (κ2) is 5.52. The predicted octanol–water partition coefficient (Wildman–Crippen LogP) is 2.34. The third-order valence-corrected chi connectivity index (χ3v) is 2.44. The predicted molar refractivity (Wildman–Crippen MR) is 67.6 cm³/mol. The molecule has 5 nitrogen and oxygen atoms in total. The topological polar surface area (TPSA) is 51.5 Å². The fourth-order valence-electron chi connectivity index (χ4n) is 1.58. The van der Waals surface area contributed by atoms with Crippen molar-refractivity contribution in [1.82, 2.24) is 14.4 Å². The molecule has 0 aromatic carbocycles. The summed E-state index contributed by atoms with van der Waals surface area (Å²) in [5.41, 5.74) is 0.766. The van der Waals surface area contributed by atoms with Gasteiger partial charge in [-0.3, -0.25) is 4.40 Å². The van der Waals surface area contributed by atoms with Crippen molar-refractivity contribution < 1.29 is 4.74 Å². The zero-order chi connectivity index (χ0) is 12.1. The molecular weight excluding hydrogens is 216 g/mol. The molecule has 2 aromatic rings. The average Bonchev–Trinajstić information content (AvgIpc) is 2.78. The molecule has 17 heavy (non-hydrogen) atoms. The van der Waals surface area contributed by atoms with Crippen molar-refractivity contribution in [1.29, 1.82) is 0 Å². The van der Waals surface area contributed by atoms with E-state index in [0.717, 1.165) is 30.9 Å². The standard InChI is InChI=1S/C12H18N4O/c1-3-5-8-17-12-11-14-6-7-16(11)9-10(15-12)13-4-2/h6-7,9,13H,3-5,8H2,1-2H3. The Bertz CT molecular complexity index is 480. The number of rotatable bonds is 6. The largest absolute Gasteiger partial charge is 0.475 e. The Hall–Kier alpha value is -1.78. The van der Waals surface area contributed by atoms with E-state index in [1.165, 1.54) is 0 Å². The van der Waals surface area contributed by atoms with E-state index in [0.29, 0.717) is 12.5 Å². The van der Waals surface area contributed by atoms with E-state index in [1.807, 2.05) is 23.7 Å².